The van der Waals surface area contributed by atoms with Crippen LogP contribution in [0.4, 0.5) is 4.79 Å². The van der Waals surface area contributed by atoms with Crippen LogP contribution < -0.4 is 10.6 Å². The maximum atomic E-state index is 11.2. The molecule has 0 heterocycles. The molecule has 106 valence electrons. The Bertz CT molecular complexity index is 268. The quantitative estimate of drug-likeness (QED) is 0.435. The average Bonchev–Trinajstić information content (AvgIpc) is 2.31. The minimum Gasteiger partial charge on any atom is -0.479 e. The van der Waals surface area contributed by atoms with E-state index in [1.807, 2.05) is 6.92 Å². The summed E-state index contributed by atoms with van der Waals surface area (Å²) < 4.78 is 5.22. The van der Waals surface area contributed by atoms with Crippen LogP contribution in [-0.4, -0.2) is 54.1 Å². The van der Waals surface area contributed by atoms with Crippen molar-refractivity contribution in [2.75, 3.05) is 26.3 Å². The summed E-state index contributed by atoms with van der Waals surface area (Å²) in [6.07, 6.45) is 1.64. The summed E-state index contributed by atoms with van der Waals surface area (Å²) in [5, 5.41) is 22.8. The highest BCUT2D eigenvalue weighted by Gasteiger charge is 2.30. The van der Waals surface area contributed by atoms with E-state index in [1.54, 1.807) is 0 Å². The van der Waals surface area contributed by atoms with E-state index < -0.39 is 17.6 Å². The van der Waals surface area contributed by atoms with Crippen LogP contribution in [0, 0.1) is 0 Å². The molecule has 0 spiro atoms. The maximum absolute atomic E-state index is 11.2. The van der Waals surface area contributed by atoms with E-state index >= 15 is 0 Å². The fourth-order valence-electron chi connectivity index (χ4n) is 1.01. The third-order valence-electron chi connectivity index (χ3n) is 2.15. The van der Waals surface area contributed by atoms with E-state index in [4.69, 9.17) is 9.84 Å². The molecule has 0 aromatic rings. The predicted molar refractivity (Wildman–Crippen MR) is 65.4 cm³/mol. The van der Waals surface area contributed by atoms with Gasteiger partial charge in [0.1, 0.15) is 0 Å². The number of carbonyl (C=O) groups is 2. The summed E-state index contributed by atoms with van der Waals surface area (Å²) in [5.74, 6) is -1.38. The van der Waals surface area contributed by atoms with Crippen LogP contribution in [0.25, 0.3) is 0 Å². The van der Waals surface area contributed by atoms with Gasteiger partial charge < -0.3 is 25.6 Å². The lowest BCUT2D eigenvalue weighted by atomic mass is 10.1. The lowest BCUT2D eigenvalue weighted by Crippen LogP contribution is -2.49. The van der Waals surface area contributed by atoms with Gasteiger partial charge in [0, 0.05) is 19.8 Å². The summed E-state index contributed by atoms with van der Waals surface area (Å²) in [4.78, 5) is 21.8. The highest BCUT2D eigenvalue weighted by molar-refractivity contribution is 5.79. The van der Waals surface area contributed by atoms with E-state index in [-0.39, 0.29) is 6.54 Å². The first-order valence-electron chi connectivity index (χ1n) is 5.95. The summed E-state index contributed by atoms with van der Waals surface area (Å²) in [6.45, 7) is 4.49. The van der Waals surface area contributed by atoms with Gasteiger partial charge >= 0.3 is 12.0 Å². The van der Waals surface area contributed by atoms with Gasteiger partial charge in [0.05, 0.1) is 6.54 Å². The second-order valence-electron chi connectivity index (χ2n) is 4.15. The molecule has 0 aliphatic rings. The van der Waals surface area contributed by atoms with E-state index in [1.165, 1.54) is 0 Å². The fraction of sp³-hybridized carbons (Fsp3) is 0.818. The van der Waals surface area contributed by atoms with Crippen LogP contribution in [0.5, 0.6) is 0 Å². The molecule has 0 radical (unpaired) electrons. The standard InChI is InChI=1S/C11H22N2O5/c1-3-6-18-7-4-5-12-10(16)13-8-11(2,17)9(14)15/h17H,3-8H2,1-2H3,(H,14,15)(H2,12,13,16). The fourth-order valence-corrected chi connectivity index (χ4v) is 1.01. The summed E-state index contributed by atoms with van der Waals surface area (Å²) in [7, 11) is 0. The van der Waals surface area contributed by atoms with Crippen molar-refractivity contribution in [1.29, 1.82) is 0 Å². The first-order valence-corrected chi connectivity index (χ1v) is 5.95. The third-order valence-corrected chi connectivity index (χ3v) is 2.15. The molecule has 7 nitrogen and oxygen atoms in total. The lowest BCUT2D eigenvalue weighted by Gasteiger charge is -2.18. The largest absolute Gasteiger partial charge is 0.479 e. The Balaban J connectivity index is 3.58. The Labute approximate surface area is 107 Å². The van der Waals surface area contributed by atoms with Gasteiger partial charge in [-0.2, -0.15) is 0 Å². The number of urea groups is 1. The summed E-state index contributed by atoms with van der Waals surface area (Å²) in [5.41, 5.74) is -1.96. The van der Waals surface area contributed by atoms with Gasteiger partial charge in [-0.1, -0.05) is 6.92 Å². The Morgan fingerprint density at radius 3 is 2.50 bits per heavy atom. The van der Waals surface area contributed by atoms with Crippen molar-refractivity contribution in [1.82, 2.24) is 10.6 Å². The minimum absolute atomic E-state index is 0.347. The first-order chi connectivity index (χ1) is 8.40. The van der Waals surface area contributed by atoms with Crippen molar-refractivity contribution in [2.45, 2.75) is 32.3 Å². The molecule has 0 bridgehead atoms. The second-order valence-corrected chi connectivity index (χ2v) is 4.15. The van der Waals surface area contributed by atoms with Crippen LogP contribution in [0.15, 0.2) is 0 Å². The van der Waals surface area contributed by atoms with Gasteiger partial charge in [0.25, 0.3) is 0 Å². The molecular formula is C11H22N2O5. The molecule has 0 rings (SSSR count). The molecule has 1 unspecified atom stereocenters. The Morgan fingerprint density at radius 2 is 1.94 bits per heavy atom. The number of rotatable bonds is 9. The second kappa shape index (κ2) is 8.71. The van der Waals surface area contributed by atoms with Gasteiger partial charge in [-0.15, -0.1) is 0 Å². The monoisotopic (exact) mass is 262 g/mol. The number of amides is 2. The number of aliphatic carboxylic acids is 1. The average molecular weight is 262 g/mol. The zero-order valence-corrected chi connectivity index (χ0v) is 10.9. The molecule has 0 saturated carbocycles. The number of hydrogen-bond donors (Lipinski definition) is 4. The van der Waals surface area contributed by atoms with Crippen molar-refractivity contribution in [3.63, 3.8) is 0 Å². The molecule has 7 heteroatoms. The number of hydrogen-bond acceptors (Lipinski definition) is 4. The molecule has 0 aromatic carbocycles. The van der Waals surface area contributed by atoms with Crippen molar-refractivity contribution in [3.8, 4) is 0 Å². The number of carboxylic acid groups (broad SMARTS) is 1. The van der Waals surface area contributed by atoms with E-state index in [2.05, 4.69) is 10.6 Å². The number of carboxylic acids is 1. The molecule has 1 atom stereocenters. The molecule has 0 aliphatic carbocycles. The van der Waals surface area contributed by atoms with Gasteiger partial charge in [0.2, 0.25) is 0 Å². The van der Waals surface area contributed by atoms with Crippen LogP contribution in [0.3, 0.4) is 0 Å². The Hall–Kier alpha value is -1.34. The number of ether oxygens (including phenoxy) is 1. The van der Waals surface area contributed by atoms with Crippen LogP contribution in [0.1, 0.15) is 26.7 Å². The molecule has 2 amide bonds. The molecule has 0 aliphatic heterocycles. The molecule has 0 fully saturated rings. The number of nitrogens with one attached hydrogen (secondary N) is 2. The van der Waals surface area contributed by atoms with Gasteiger partial charge in [0.15, 0.2) is 5.60 Å². The zero-order valence-electron chi connectivity index (χ0n) is 10.9. The normalized spacial score (nSPS) is 13.7. The zero-order chi connectivity index (χ0) is 14.0. The third kappa shape index (κ3) is 7.86. The Morgan fingerprint density at radius 1 is 1.28 bits per heavy atom. The topological polar surface area (TPSA) is 108 Å². The molecule has 18 heavy (non-hydrogen) atoms. The van der Waals surface area contributed by atoms with Gasteiger partial charge in [-0.05, 0) is 19.8 Å². The van der Waals surface area contributed by atoms with E-state index in [0.717, 1.165) is 13.3 Å². The lowest BCUT2D eigenvalue weighted by molar-refractivity contribution is -0.155. The smallest absolute Gasteiger partial charge is 0.337 e. The SMILES string of the molecule is CCCOCCCNC(=O)NCC(C)(O)C(=O)O. The Kier molecular flexibility index (Phi) is 8.06. The van der Waals surface area contributed by atoms with E-state index in [9.17, 15) is 14.7 Å². The highest BCUT2D eigenvalue weighted by Crippen LogP contribution is 2.00. The molecule has 0 saturated heterocycles. The number of carbonyl (C=O) groups excluding carboxylic acids is 1. The van der Waals surface area contributed by atoms with Crippen LogP contribution in [0.2, 0.25) is 0 Å². The molecular weight excluding hydrogens is 240 g/mol. The number of aliphatic hydroxyl groups is 1. The molecule has 0 aromatic heterocycles. The first kappa shape index (κ1) is 16.7. The van der Waals surface area contributed by atoms with Crippen LogP contribution >= 0.6 is 0 Å². The summed E-state index contributed by atoms with van der Waals surface area (Å²) >= 11 is 0. The van der Waals surface area contributed by atoms with Crippen molar-refractivity contribution in [2.24, 2.45) is 0 Å². The maximum Gasteiger partial charge on any atom is 0.337 e. The summed E-state index contributed by atoms with van der Waals surface area (Å²) in [6, 6.07) is -0.507. The predicted octanol–water partition coefficient (Wildman–Crippen LogP) is -0.0621. The van der Waals surface area contributed by atoms with Gasteiger partial charge in [-0.3, -0.25) is 0 Å². The van der Waals surface area contributed by atoms with Crippen molar-refractivity contribution < 1.29 is 24.5 Å². The van der Waals surface area contributed by atoms with Gasteiger partial charge in [-0.25, -0.2) is 9.59 Å². The van der Waals surface area contributed by atoms with Crippen molar-refractivity contribution >= 4 is 12.0 Å². The highest BCUT2D eigenvalue weighted by atomic mass is 16.5. The van der Waals surface area contributed by atoms with E-state index in [0.29, 0.717) is 26.2 Å². The molecule has 4 N–H and O–H groups in total. The van der Waals surface area contributed by atoms with Crippen molar-refractivity contribution in [3.05, 3.63) is 0 Å². The minimum atomic E-state index is -1.96. The van der Waals surface area contributed by atoms with Crippen LogP contribution in [-0.2, 0) is 9.53 Å².